The molecular formula is C22H23BrFNO2. The molecule has 1 unspecified atom stereocenters. The molecule has 0 aliphatic rings. The summed E-state index contributed by atoms with van der Waals surface area (Å²) in [7, 11) is 0. The van der Waals surface area contributed by atoms with Crippen molar-refractivity contribution in [3.05, 3.63) is 98.6 Å². The van der Waals surface area contributed by atoms with Gasteiger partial charge in [0.2, 0.25) is 0 Å². The highest BCUT2D eigenvalue weighted by atomic mass is 79.9. The zero-order valence-corrected chi connectivity index (χ0v) is 17.2. The van der Waals surface area contributed by atoms with Gasteiger partial charge < -0.3 is 9.30 Å². The summed E-state index contributed by atoms with van der Waals surface area (Å²) < 4.78 is 20.1. The minimum atomic E-state index is -0.162. The number of hydrogen-bond acceptors (Lipinski definition) is 2. The van der Waals surface area contributed by atoms with Gasteiger partial charge in [-0.1, -0.05) is 42.5 Å². The fourth-order valence-corrected chi connectivity index (χ4v) is 2.91. The summed E-state index contributed by atoms with van der Waals surface area (Å²) in [5, 5.41) is 0. The molecule has 1 heterocycles. The zero-order valence-electron chi connectivity index (χ0n) is 15.7. The first-order valence-electron chi connectivity index (χ1n) is 8.75. The number of pyridine rings is 1. The molecule has 5 heteroatoms. The van der Waals surface area contributed by atoms with Gasteiger partial charge in [0.15, 0.2) is 0 Å². The van der Waals surface area contributed by atoms with Crippen LogP contribution in [-0.2, 0) is 6.54 Å². The third kappa shape index (κ3) is 6.07. The first-order chi connectivity index (χ1) is 12.9. The van der Waals surface area contributed by atoms with Crippen LogP contribution in [0.4, 0.5) is 4.39 Å². The van der Waals surface area contributed by atoms with Gasteiger partial charge in [0, 0.05) is 12.7 Å². The molecule has 0 aliphatic carbocycles. The van der Waals surface area contributed by atoms with E-state index < -0.39 is 0 Å². The molecule has 3 nitrogen and oxygen atoms in total. The summed E-state index contributed by atoms with van der Waals surface area (Å²) >= 11 is 3.31. The van der Waals surface area contributed by atoms with E-state index in [4.69, 9.17) is 4.74 Å². The van der Waals surface area contributed by atoms with Crippen molar-refractivity contribution in [2.24, 2.45) is 0 Å². The van der Waals surface area contributed by atoms with E-state index in [-0.39, 0.29) is 17.5 Å². The topological polar surface area (TPSA) is 31.2 Å². The molecule has 0 bridgehead atoms. The highest BCUT2D eigenvalue weighted by Crippen LogP contribution is 2.26. The lowest BCUT2D eigenvalue weighted by atomic mass is 10.1. The lowest BCUT2D eigenvalue weighted by Crippen LogP contribution is -2.20. The number of nitrogens with zero attached hydrogens (tertiary/aromatic N) is 1. The van der Waals surface area contributed by atoms with E-state index in [1.807, 2.05) is 63.2 Å². The van der Waals surface area contributed by atoms with Crippen molar-refractivity contribution in [1.82, 2.24) is 4.57 Å². The summed E-state index contributed by atoms with van der Waals surface area (Å²) in [6.45, 7) is 6.41. The minimum absolute atomic E-state index is 0.0692. The van der Waals surface area contributed by atoms with E-state index in [0.717, 1.165) is 11.1 Å². The summed E-state index contributed by atoms with van der Waals surface area (Å²) in [6, 6.07) is 18.2. The third-order valence-electron chi connectivity index (χ3n) is 3.96. The maximum atomic E-state index is 12.2. The molecule has 0 spiro atoms. The minimum Gasteiger partial charge on any atom is -0.485 e. The summed E-state index contributed by atoms with van der Waals surface area (Å²) in [6.07, 6.45) is 1.65. The first-order valence-corrected chi connectivity index (χ1v) is 9.54. The van der Waals surface area contributed by atoms with E-state index >= 15 is 0 Å². The quantitative estimate of drug-likeness (QED) is 0.514. The van der Waals surface area contributed by atoms with Gasteiger partial charge in [-0.2, -0.15) is 0 Å². The molecule has 3 rings (SSSR count). The highest BCUT2D eigenvalue weighted by molar-refractivity contribution is 9.10. The Bertz CT molecular complexity index is 908. The van der Waals surface area contributed by atoms with Crippen LogP contribution in [-0.4, -0.2) is 4.57 Å². The van der Waals surface area contributed by atoms with Crippen molar-refractivity contribution in [2.75, 3.05) is 0 Å². The van der Waals surface area contributed by atoms with Crippen LogP contribution in [0.15, 0.2) is 76.1 Å². The van der Waals surface area contributed by atoms with E-state index in [1.54, 1.807) is 16.8 Å². The zero-order chi connectivity index (χ0) is 19.8. The van der Waals surface area contributed by atoms with Crippen molar-refractivity contribution in [3.8, 4) is 5.75 Å². The molecule has 1 aromatic heterocycles. The molecule has 1 atom stereocenters. The van der Waals surface area contributed by atoms with Gasteiger partial charge in [0.05, 0.1) is 0 Å². The van der Waals surface area contributed by atoms with Crippen LogP contribution in [0.1, 0.15) is 31.1 Å². The Morgan fingerprint density at radius 3 is 2.37 bits per heavy atom. The third-order valence-corrected chi connectivity index (χ3v) is 4.69. The van der Waals surface area contributed by atoms with Crippen LogP contribution in [0.5, 0.6) is 5.75 Å². The maximum absolute atomic E-state index is 12.2. The SMILES string of the molecule is CCn1ccc(OC(C)c2ccccc2)c(Br)c1=O.Cc1cccc(F)c1. The monoisotopic (exact) mass is 431 g/mol. The second-order valence-electron chi connectivity index (χ2n) is 6.05. The fraction of sp³-hybridized carbons (Fsp3) is 0.227. The van der Waals surface area contributed by atoms with Gasteiger partial charge in [-0.3, -0.25) is 4.79 Å². The maximum Gasteiger partial charge on any atom is 0.268 e. The molecule has 0 aliphatic heterocycles. The first kappa shape index (κ1) is 20.9. The van der Waals surface area contributed by atoms with E-state index in [9.17, 15) is 9.18 Å². The normalized spacial score (nSPS) is 11.3. The van der Waals surface area contributed by atoms with Crippen LogP contribution in [0.3, 0.4) is 0 Å². The molecule has 3 aromatic rings. The average molecular weight is 432 g/mol. The Labute approximate surface area is 167 Å². The number of halogens is 2. The van der Waals surface area contributed by atoms with Crippen LogP contribution >= 0.6 is 15.9 Å². The van der Waals surface area contributed by atoms with Gasteiger partial charge in [0.25, 0.3) is 5.56 Å². The van der Waals surface area contributed by atoms with Gasteiger partial charge in [-0.15, -0.1) is 0 Å². The van der Waals surface area contributed by atoms with Crippen molar-refractivity contribution in [1.29, 1.82) is 0 Å². The Hall–Kier alpha value is -2.40. The van der Waals surface area contributed by atoms with Crippen molar-refractivity contribution in [2.45, 2.75) is 33.4 Å². The standard InChI is InChI=1S/C15H16BrNO2.C7H7F/c1-3-17-10-9-13(14(16)15(17)18)19-11(2)12-7-5-4-6-8-12;1-6-3-2-4-7(8)5-6/h4-11H,3H2,1-2H3;2-5H,1H3. The predicted molar refractivity (Wildman–Crippen MR) is 111 cm³/mol. The molecule has 27 heavy (non-hydrogen) atoms. The molecule has 0 radical (unpaired) electrons. The summed E-state index contributed by atoms with van der Waals surface area (Å²) in [4.78, 5) is 12.0. The van der Waals surface area contributed by atoms with Gasteiger partial charge in [-0.25, -0.2) is 4.39 Å². The number of aryl methyl sites for hydroxylation is 2. The molecule has 142 valence electrons. The summed E-state index contributed by atoms with van der Waals surface area (Å²) in [5.74, 6) is 0.413. The lowest BCUT2D eigenvalue weighted by molar-refractivity contribution is 0.224. The second kappa shape index (κ2) is 10.1. The number of aromatic nitrogens is 1. The predicted octanol–water partition coefficient (Wildman–Crippen LogP) is 5.90. The summed E-state index contributed by atoms with van der Waals surface area (Å²) in [5.41, 5.74) is 1.97. The lowest BCUT2D eigenvalue weighted by Gasteiger charge is -2.16. The molecule has 0 amide bonds. The van der Waals surface area contributed by atoms with E-state index in [1.165, 1.54) is 12.1 Å². The number of benzene rings is 2. The molecule has 2 aromatic carbocycles. The number of hydrogen-bond donors (Lipinski definition) is 0. The Kier molecular flexibility index (Phi) is 7.80. The molecule has 0 saturated heterocycles. The second-order valence-corrected chi connectivity index (χ2v) is 6.85. The molecular weight excluding hydrogens is 409 g/mol. The van der Waals surface area contributed by atoms with Crippen LogP contribution < -0.4 is 10.3 Å². The van der Waals surface area contributed by atoms with Gasteiger partial charge in [-0.05, 0) is 66.0 Å². The van der Waals surface area contributed by atoms with Gasteiger partial charge in [0.1, 0.15) is 22.1 Å². The van der Waals surface area contributed by atoms with Gasteiger partial charge >= 0.3 is 0 Å². The average Bonchev–Trinajstić information content (AvgIpc) is 2.66. The van der Waals surface area contributed by atoms with Crippen LogP contribution in [0.25, 0.3) is 0 Å². The van der Waals surface area contributed by atoms with Crippen LogP contribution in [0.2, 0.25) is 0 Å². The number of rotatable bonds is 4. The molecule has 0 saturated carbocycles. The Balaban J connectivity index is 0.000000273. The van der Waals surface area contributed by atoms with Crippen LogP contribution in [0, 0.1) is 12.7 Å². The smallest absolute Gasteiger partial charge is 0.268 e. The molecule has 0 fully saturated rings. The molecule has 0 N–H and O–H groups in total. The largest absolute Gasteiger partial charge is 0.485 e. The van der Waals surface area contributed by atoms with E-state index in [2.05, 4.69) is 15.9 Å². The van der Waals surface area contributed by atoms with Crippen molar-refractivity contribution in [3.63, 3.8) is 0 Å². The Morgan fingerprint density at radius 1 is 1.11 bits per heavy atom. The highest BCUT2D eigenvalue weighted by Gasteiger charge is 2.12. The van der Waals surface area contributed by atoms with E-state index in [0.29, 0.717) is 16.8 Å². The van der Waals surface area contributed by atoms with Crippen molar-refractivity contribution >= 4 is 15.9 Å². The fourth-order valence-electron chi connectivity index (χ4n) is 2.46. The Morgan fingerprint density at radius 2 is 1.81 bits per heavy atom. The number of ether oxygens (including phenoxy) is 1. The van der Waals surface area contributed by atoms with Crippen molar-refractivity contribution < 1.29 is 9.13 Å².